The molecule has 2 aromatic rings. The molecule has 0 fully saturated rings. The van der Waals surface area contributed by atoms with Gasteiger partial charge < -0.3 is 0 Å². The van der Waals surface area contributed by atoms with E-state index in [2.05, 4.69) is 4.98 Å². The lowest BCUT2D eigenvalue weighted by molar-refractivity contribution is 0.0969. The number of ketones is 1. The van der Waals surface area contributed by atoms with Crippen LogP contribution in [0.4, 0.5) is 0 Å². The van der Waals surface area contributed by atoms with Crippen molar-refractivity contribution < 1.29 is 4.79 Å². The molecule has 1 aromatic heterocycles. The van der Waals surface area contributed by atoms with Crippen molar-refractivity contribution in [1.82, 2.24) is 9.55 Å². The highest BCUT2D eigenvalue weighted by molar-refractivity contribution is 14.1. The van der Waals surface area contributed by atoms with E-state index in [0.717, 1.165) is 4.90 Å². The highest BCUT2D eigenvalue weighted by Gasteiger charge is 2.11. The Morgan fingerprint density at radius 1 is 1.35 bits per heavy atom. The summed E-state index contributed by atoms with van der Waals surface area (Å²) in [5.74, 6) is 0.455. The predicted molar refractivity (Wildman–Crippen MR) is 88.5 cm³/mol. The molecule has 0 aliphatic rings. The maximum atomic E-state index is 12.2. The van der Waals surface area contributed by atoms with Crippen molar-refractivity contribution in [2.75, 3.05) is 6.26 Å². The molecule has 0 saturated heterocycles. The first-order chi connectivity index (χ1) is 9.52. The van der Waals surface area contributed by atoms with Crippen LogP contribution in [-0.2, 0) is 6.54 Å². The summed E-state index contributed by atoms with van der Waals surface area (Å²) in [7, 11) is 0. The minimum atomic E-state index is -0.174. The molecular weight excluding hydrogens is 387 g/mol. The highest BCUT2D eigenvalue weighted by atomic mass is 127. The molecule has 0 N–H and O–H groups in total. The van der Waals surface area contributed by atoms with Crippen molar-refractivity contribution in [1.29, 1.82) is 0 Å². The lowest BCUT2D eigenvalue weighted by atomic mass is 10.1. The van der Waals surface area contributed by atoms with Crippen LogP contribution in [0.3, 0.4) is 0 Å². The third kappa shape index (κ3) is 3.29. The second-order valence-electron chi connectivity index (χ2n) is 4.20. The molecule has 1 aromatic carbocycles. The second-order valence-corrected chi connectivity index (χ2v) is 6.24. The van der Waals surface area contributed by atoms with Gasteiger partial charge in [-0.2, -0.15) is 0 Å². The van der Waals surface area contributed by atoms with Gasteiger partial charge in [0.2, 0.25) is 0 Å². The monoisotopic (exact) mass is 400 g/mol. The molecule has 0 aliphatic heterocycles. The number of thioether (sulfide) groups is 1. The fraction of sp³-hybridized carbons (Fsp3) is 0.214. The number of rotatable bonds is 4. The molecule has 0 spiro atoms. The number of benzene rings is 1. The summed E-state index contributed by atoms with van der Waals surface area (Å²) in [6.45, 7) is 1.74. The number of hydrogen-bond donors (Lipinski definition) is 0. The highest BCUT2D eigenvalue weighted by Crippen LogP contribution is 2.15. The van der Waals surface area contributed by atoms with Gasteiger partial charge in [0, 0.05) is 16.7 Å². The zero-order chi connectivity index (χ0) is 14.7. The number of carbonyl (C=O) groups is 1. The fourth-order valence-electron chi connectivity index (χ4n) is 1.75. The zero-order valence-electron chi connectivity index (χ0n) is 11.1. The van der Waals surface area contributed by atoms with E-state index in [1.165, 1.54) is 10.8 Å². The van der Waals surface area contributed by atoms with E-state index in [1.807, 2.05) is 41.0 Å². The van der Waals surface area contributed by atoms with Crippen molar-refractivity contribution in [2.24, 2.45) is 0 Å². The van der Waals surface area contributed by atoms with Crippen LogP contribution >= 0.6 is 34.4 Å². The molecule has 4 nitrogen and oxygen atoms in total. The lowest BCUT2D eigenvalue weighted by Gasteiger charge is -2.09. The van der Waals surface area contributed by atoms with Crippen molar-refractivity contribution in [3.63, 3.8) is 0 Å². The van der Waals surface area contributed by atoms with E-state index in [4.69, 9.17) is 0 Å². The van der Waals surface area contributed by atoms with Crippen LogP contribution in [0.1, 0.15) is 16.2 Å². The van der Waals surface area contributed by atoms with Gasteiger partial charge in [-0.25, -0.2) is 4.98 Å². The molecule has 104 valence electrons. The van der Waals surface area contributed by atoms with Crippen LogP contribution in [0.15, 0.2) is 40.2 Å². The average molecular weight is 400 g/mol. The normalized spacial score (nSPS) is 10.6. The Balaban J connectivity index is 2.28. The number of nitrogens with zero attached hydrogens (tertiary/aromatic N) is 2. The maximum absolute atomic E-state index is 12.2. The summed E-state index contributed by atoms with van der Waals surface area (Å²) in [4.78, 5) is 29.5. The van der Waals surface area contributed by atoms with Crippen LogP contribution in [-0.4, -0.2) is 21.6 Å². The molecule has 0 atom stereocenters. The number of Topliss-reactive ketones (excluding diaryl/α,β-unsaturated/α-hetero) is 1. The van der Waals surface area contributed by atoms with Gasteiger partial charge in [0.25, 0.3) is 5.56 Å². The predicted octanol–water partition coefficient (Wildman–Crippen LogP) is 2.76. The second kappa shape index (κ2) is 6.53. The van der Waals surface area contributed by atoms with Gasteiger partial charge in [-0.1, -0.05) is 12.1 Å². The van der Waals surface area contributed by atoms with Crippen LogP contribution < -0.4 is 5.56 Å². The van der Waals surface area contributed by atoms with E-state index < -0.39 is 0 Å². The number of hydrogen-bond acceptors (Lipinski definition) is 4. The summed E-state index contributed by atoms with van der Waals surface area (Å²) < 4.78 is 1.92. The number of aromatic nitrogens is 2. The summed E-state index contributed by atoms with van der Waals surface area (Å²) in [5, 5.41) is 0. The van der Waals surface area contributed by atoms with Crippen molar-refractivity contribution in [3.05, 3.63) is 55.8 Å². The molecular formula is C14H13IN2O2S. The Morgan fingerprint density at radius 3 is 2.60 bits per heavy atom. The van der Waals surface area contributed by atoms with Crippen molar-refractivity contribution in [3.8, 4) is 0 Å². The Hall–Kier alpha value is -1.15. The third-order valence-corrected chi connectivity index (χ3v) is 4.40. The van der Waals surface area contributed by atoms with Crippen LogP contribution in [0.2, 0.25) is 0 Å². The SMILES string of the molecule is CSc1ccc(C(=O)Cn2c(C)ncc(I)c2=O)cc1. The summed E-state index contributed by atoms with van der Waals surface area (Å²) in [6.07, 6.45) is 3.50. The van der Waals surface area contributed by atoms with E-state index in [0.29, 0.717) is 15.0 Å². The first-order valence-electron chi connectivity index (χ1n) is 5.92. The average Bonchev–Trinajstić information content (AvgIpc) is 2.47. The molecule has 0 saturated carbocycles. The van der Waals surface area contributed by atoms with E-state index in [-0.39, 0.29) is 17.9 Å². The Morgan fingerprint density at radius 2 is 2.00 bits per heavy atom. The lowest BCUT2D eigenvalue weighted by Crippen LogP contribution is -2.28. The largest absolute Gasteiger partial charge is 0.292 e. The number of aryl methyl sites for hydroxylation is 1. The van der Waals surface area contributed by atoms with E-state index >= 15 is 0 Å². The maximum Gasteiger partial charge on any atom is 0.267 e. The zero-order valence-corrected chi connectivity index (χ0v) is 14.1. The van der Waals surface area contributed by atoms with Gasteiger partial charge in [0.1, 0.15) is 5.82 Å². The van der Waals surface area contributed by atoms with E-state index in [9.17, 15) is 9.59 Å². The Labute approximate surface area is 134 Å². The first kappa shape index (κ1) is 15.2. The number of carbonyl (C=O) groups excluding carboxylic acids is 1. The molecule has 1 heterocycles. The van der Waals surface area contributed by atoms with Crippen molar-refractivity contribution >= 4 is 40.1 Å². The molecule has 2 rings (SSSR count). The molecule has 0 aliphatic carbocycles. The molecule has 6 heteroatoms. The molecule has 0 unspecified atom stereocenters. The summed E-state index contributed by atoms with van der Waals surface area (Å²) in [6, 6.07) is 7.38. The van der Waals surface area contributed by atoms with Gasteiger partial charge in [-0.05, 0) is 47.9 Å². The molecule has 0 bridgehead atoms. The van der Waals surface area contributed by atoms with Crippen molar-refractivity contribution in [2.45, 2.75) is 18.4 Å². The Bertz CT molecular complexity index is 695. The van der Waals surface area contributed by atoms with E-state index in [1.54, 1.807) is 30.8 Å². The van der Waals surface area contributed by atoms with Gasteiger partial charge >= 0.3 is 0 Å². The number of halogens is 1. The smallest absolute Gasteiger partial charge is 0.267 e. The summed E-state index contributed by atoms with van der Waals surface area (Å²) in [5.41, 5.74) is 0.431. The minimum Gasteiger partial charge on any atom is -0.292 e. The topological polar surface area (TPSA) is 52.0 Å². The Kier molecular flexibility index (Phi) is 4.98. The standard InChI is InChI=1S/C14H13IN2O2S/c1-9-16-7-12(15)14(19)17(9)8-13(18)10-3-5-11(20-2)6-4-10/h3-7H,8H2,1-2H3. The minimum absolute atomic E-state index is 0.0210. The van der Waals surface area contributed by atoms with Gasteiger partial charge in [-0.15, -0.1) is 11.8 Å². The fourth-order valence-corrected chi connectivity index (χ4v) is 2.59. The molecule has 20 heavy (non-hydrogen) atoms. The summed E-state index contributed by atoms with van der Waals surface area (Å²) >= 11 is 3.55. The van der Waals surface area contributed by atoms with Crippen LogP contribution in [0, 0.1) is 10.5 Å². The third-order valence-electron chi connectivity index (χ3n) is 2.92. The quantitative estimate of drug-likeness (QED) is 0.450. The van der Waals surface area contributed by atoms with Gasteiger partial charge in [-0.3, -0.25) is 14.2 Å². The van der Waals surface area contributed by atoms with Crippen LogP contribution in [0.5, 0.6) is 0 Å². The van der Waals surface area contributed by atoms with Gasteiger partial charge in [0.05, 0.1) is 10.1 Å². The van der Waals surface area contributed by atoms with Crippen LogP contribution in [0.25, 0.3) is 0 Å². The molecule has 0 amide bonds. The van der Waals surface area contributed by atoms with Gasteiger partial charge in [0.15, 0.2) is 5.78 Å². The first-order valence-corrected chi connectivity index (χ1v) is 8.22. The molecule has 0 radical (unpaired) electrons.